The fourth-order valence-electron chi connectivity index (χ4n) is 4.00. The molecular weight excluding hydrogens is 432 g/mol. The molecule has 0 bridgehead atoms. The summed E-state index contributed by atoms with van der Waals surface area (Å²) in [5.41, 5.74) is 15.0. The molecule has 34 heavy (non-hydrogen) atoms. The van der Waals surface area contributed by atoms with Gasteiger partial charge in [0.2, 0.25) is 0 Å². The van der Waals surface area contributed by atoms with Crippen molar-refractivity contribution in [3.63, 3.8) is 0 Å². The van der Waals surface area contributed by atoms with Gasteiger partial charge in [-0.3, -0.25) is 0 Å². The summed E-state index contributed by atoms with van der Waals surface area (Å²) in [5.74, 6) is -0.816. The second kappa shape index (κ2) is 12.2. The number of benzene rings is 2. The molecule has 2 aromatic carbocycles. The third-order valence-corrected chi connectivity index (χ3v) is 5.90. The smallest absolute Gasteiger partial charge is 0.338 e. The van der Waals surface area contributed by atoms with Crippen molar-refractivity contribution < 1.29 is 23.8 Å². The predicted octanol–water partition coefficient (Wildman–Crippen LogP) is 4.72. The van der Waals surface area contributed by atoms with Crippen LogP contribution in [0, 0.1) is 0 Å². The highest BCUT2D eigenvalue weighted by atomic mass is 16.5. The molecule has 1 aliphatic carbocycles. The Bertz CT molecular complexity index is 974. The Labute approximate surface area is 201 Å². The minimum Gasteiger partial charge on any atom is -0.462 e. The first-order chi connectivity index (χ1) is 16.3. The summed E-state index contributed by atoms with van der Waals surface area (Å²) in [6, 6.07) is 12.3. The van der Waals surface area contributed by atoms with E-state index in [9.17, 15) is 9.59 Å². The van der Waals surface area contributed by atoms with Gasteiger partial charge in [0.05, 0.1) is 18.3 Å². The van der Waals surface area contributed by atoms with E-state index in [1.165, 1.54) is 6.08 Å². The third kappa shape index (κ3) is 7.63. The highest BCUT2D eigenvalue weighted by Gasteiger charge is 2.24. The largest absolute Gasteiger partial charge is 0.462 e. The lowest BCUT2D eigenvalue weighted by molar-refractivity contribution is -0.138. The number of hydrogen-bond acceptors (Lipinski definition) is 7. The van der Waals surface area contributed by atoms with Gasteiger partial charge in [-0.05, 0) is 80.1 Å². The maximum atomic E-state index is 12.4. The van der Waals surface area contributed by atoms with E-state index in [1.807, 2.05) is 26.0 Å². The van der Waals surface area contributed by atoms with Crippen LogP contribution in [0.5, 0.6) is 0 Å². The molecule has 3 rings (SSSR count). The zero-order valence-corrected chi connectivity index (χ0v) is 19.9. The van der Waals surface area contributed by atoms with Crippen LogP contribution in [0.1, 0.15) is 66.9 Å². The molecule has 0 spiro atoms. The van der Waals surface area contributed by atoms with Gasteiger partial charge in [0, 0.05) is 30.0 Å². The van der Waals surface area contributed by atoms with E-state index in [-0.39, 0.29) is 30.7 Å². The van der Waals surface area contributed by atoms with E-state index < -0.39 is 5.97 Å². The Hall–Kier alpha value is -3.32. The molecule has 7 heteroatoms. The SMILES string of the molecule is CCOC1CCC(OC(=O)c2ccc(/C=C/C(=O)OCC(C)c3cc(N)cc(N)c3)cc2)CC1. The number of rotatable bonds is 9. The average Bonchev–Trinajstić information content (AvgIpc) is 2.82. The third-order valence-electron chi connectivity index (χ3n) is 5.90. The number of nitrogens with two attached hydrogens (primary N) is 2. The summed E-state index contributed by atoms with van der Waals surface area (Å²) in [6.45, 7) is 4.86. The van der Waals surface area contributed by atoms with Gasteiger partial charge in [0.25, 0.3) is 0 Å². The summed E-state index contributed by atoms with van der Waals surface area (Å²) in [6.07, 6.45) is 6.70. The average molecular weight is 467 g/mol. The number of anilines is 2. The van der Waals surface area contributed by atoms with Gasteiger partial charge in [-0.25, -0.2) is 9.59 Å². The molecule has 0 heterocycles. The number of hydrogen-bond donors (Lipinski definition) is 2. The van der Waals surface area contributed by atoms with Gasteiger partial charge in [-0.2, -0.15) is 0 Å². The van der Waals surface area contributed by atoms with Crippen LogP contribution in [-0.4, -0.2) is 37.4 Å². The lowest BCUT2D eigenvalue weighted by atomic mass is 9.95. The fourth-order valence-corrected chi connectivity index (χ4v) is 4.00. The van der Waals surface area contributed by atoms with E-state index in [0.717, 1.165) is 36.8 Å². The Morgan fingerprint density at radius 2 is 1.62 bits per heavy atom. The highest BCUT2D eigenvalue weighted by Crippen LogP contribution is 2.25. The van der Waals surface area contributed by atoms with Crippen LogP contribution in [0.15, 0.2) is 48.5 Å². The molecule has 182 valence electrons. The Balaban J connectivity index is 1.44. The first-order valence-corrected chi connectivity index (χ1v) is 11.8. The first kappa shape index (κ1) is 25.3. The molecule has 0 aliphatic heterocycles. The molecule has 1 fully saturated rings. The lowest BCUT2D eigenvalue weighted by Gasteiger charge is -2.28. The van der Waals surface area contributed by atoms with E-state index in [4.69, 9.17) is 25.7 Å². The van der Waals surface area contributed by atoms with Crippen molar-refractivity contribution in [2.45, 2.75) is 57.7 Å². The summed E-state index contributed by atoms with van der Waals surface area (Å²) in [7, 11) is 0. The van der Waals surface area contributed by atoms with Gasteiger partial charge in [0.15, 0.2) is 0 Å². The number of carbonyl (C=O) groups is 2. The second-order valence-electron chi connectivity index (χ2n) is 8.68. The monoisotopic (exact) mass is 466 g/mol. The molecule has 0 amide bonds. The van der Waals surface area contributed by atoms with Crippen molar-refractivity contribution in [3.8, 4) is 0 Å². The molecule has 7 nitrogen and oxygen atoms in total. The van der Waals surface area contributed by atoms with Gasteiger partial charge < -0.3 is 25.7 Å². The molecule has 0 saturated heterocycles. The standard InChI is InChI=1S/C27H34N2O5/c1-3-32-24-9-11-25(12-10-24)34-27(31)20-7-4-19(5-8-20)6-13-26(30)33-17-18(2)21-14-22(28)16-23(29)15-21/h4-8,13-16,18,24-25H,3,9-12,17,28-29H2,1-2H3/b13-6+. The van der Waals surface area contributed by atoms with Crippen LogP contribution in [0.2, 0.25) is 0 Å². The summed E-state index contributed by atoms with van der Waals surface area (Å²) in [4.78, 5) is 24.5. The number of esters is 2. The molecule has 1 unspecified atom stereocenters. The summed E-state index contributed by atoms with van der Waals surface area (Å²) >= 11 is 0. The summed E-state index contributed by atoms with van der Waals surface area (Å²) < 4.78 is 16.6. The van der Waals surface area contributed by atoms with Crippen LogP contribution in [0.4, 0.5) is 11.4 Å². The number of carbonyl (C=O) groups excluding carboxylic acids is 2. The van der Waals surface area contributed by atoms with Crippen LogP contribution in [-0.2, 0) is 19.0 Å². The molecule has 1 atom stereocenters. The van der Waals surface area contributed by atoms with E-state index >= 15 is 0 Å². The van der Waals surface area contributed by atoms with Crippen molar-refractivity contribution in [2.24, 2.45) is 0 Å². The Kier molecular flexibility index (Phi) is 9.10. The van der Waals surface area contributed by atoms with Crippen LogP contribution in [0.25, 0.3) is 6.08 Å². The zero-order chi connectivity index (χ0) is 24.5. The van der Waals surface area contributed by atoms with Crippen LogP contribution < -0.4 is 11.5 Å². The van der Waals surface area contributed by atoms with Crippen LogP contribution >= 0.6 is 0 Å². The molecule has 0 aromatic heterocycles. The van der Waals surface area contributed by atoms with Gasteiger partial charge in [-0.1, -0.05) is 19.1 Å². The number of nitrogen functional groups attached to an aromatic ring is 2. The summed E-state index contributed by atoms with van der Waals surface area (Å²) in [5, 5.41) is 0. The van der Waals surface area contributed by atoms with E-state index in [0.29, 0.717) is 23.5 Å². The predicted molar refractivity (Wildman–Crippen MR) is 133 cm³/mol. The minimum atomic E-state index is -0.449. The van der Waals surface area contributed by atoms with Crippen molar-refractivity contribution >= 4 is 29.4 Å². The molecule has 0 radical (unpaired) electrons. The first-order valence-electron chi connectivity index (χ1n) is 11.8. The normalized spacial score (nSPS) is 19.0. The Morgan fingerprint density at radius 3 is 2.24 bits per heavy atom. The van der Waals surface area contributed by atoms with Crippen molar-refractivity contribution in [2.75, 3.05) is 24.7 Å². The fraction of sp³-hybridized carbons (Fsp3) is 0.407. The van der Waals surface area contributed by atoms with Crippen molar-refractivity contribution in [3.05, 3.63) is 65.2 Å². The van der Waals surface area contributed by atoms with Crippen molar-refractivity contribution in [1.29, 1.82) is 0 Å². The molecule has 1 aliphatic rings. The molecular formula is C27H34N2O5. The van der Waals surface area contributed by atoms with E-state index in [2.05, 4.69) is 0 Å². The lowest BCUT2D eigenvalue weighted by Crippen LogP contribution is -2.28. The van der Waals surface area contributed by atoms with Gasteiger partial charge >= 0.3 is 11.9 Å². The van der Waals surface area contributed by atoms with Crippen molar-refractivity contribution in [1.82, 2.24) is 0 Å². The maximum absolute atomic E-state index is 12.4. The molecule has 2 aromatic rings. The molecule has 4 N–H and O–H groups in total. The van der Waals surface area contributed by atoms with Crippen LogP contribution in [0.3, 0.4) is 0 Å². The quantitative estimate of drug-likeness (QED) is 0.312. The van der Waals surface area contributed by atoms with Gasteiger partial charge in [0.1, 0.15) is 6.10 Å². The highest BCUT2D eigenvalue weighted by molar-refractivity contribution is 5.90. The second-order valence-corrected chi connectivity index (χ2v) is 8.68. The topological polar surface area (TPSA) is 114 Å². The Morgan fingerprint density at radius 1 is 1.00 bits per heavy atom. The van der Waals surface area contributed by atoms with Gasteiger partial charge in [-0.15, -0.1) is 0 Å². The minimum absolute atomic E-state index is 0.0392. The number of ether oxygens (including phenoxy) is 3. The molecule has 1 saturated carbocycles. The van der Waals surface area contributed by atoms with E-state index in [1.54, 1.807) is 36.4 Å². The zero-order valence-electron chi connectivity index (χ0n) is 19.9. The maximum Gasteiger partial charge on any atom is 0.338 e.